The van der Waals surface area contributed by atoms with Crippen molar-refractivity contribution in [3.63, 3.8) is 0 Å². The summed E-state index contributed by atoms with van der Waals surface area (Å²) < 4.78 is 0.817. The quantitative estimate of drug-likeness (QED) is 0.788. The highest BCUT2D eigenvalue weighted by Gasteiger charge is 2.18. The number of benzene rings is 1. The number of anilines is 1. The minimum Gasteiger partial charge on any atom is -0.378 e. The van der Waals surface area contributed by atoms with Crippen LogP contribution in [0.5, 0.6) is 0 Å². The lowest BCUT2D eigenvalue weighted by molar-refractivity contribution is 0.100. The third kappa shape index (κ3) is 3.21. The zero-order valence-electron chi connectivity index (χ0n) is 9.38. The zero-order chi connectivity index (χ0) is 12.3. The number of carbonyl (C=O) groups excluding carboxylic acids is 1. The molecule has 16 heavy (non-hydrogen) atoms. The lowest BCUT2D eigenvalue weighted by Crippen LogP contribution is -2.39. The summed E-state index contributed by atoms with van der Waals surface area (Å²) in [6.45, 7) is 4.38. The van der Waals surface area contributed by atoms with E-state index in [0.29, 0.717) is 17.8 Å². The normalized spacial score (nSPS) is 11.2. The molecular weight excluding hydrogens is 270 g/mol. The Morgan fingerprint density at radius 2 is 2.12 bits per heavy atom. The van der Waals surface area contributed by atoms with Crippen LogP contribution in [0.25, 0.3) is 0 Å². The molecule has 0 atom stereocenters. The highest BCUT2D eigenvalue weighted by Crippen LogP contribution is 2.23. The zero-order valence-corrected chi connectivity index (χ0v) is 11.0. The van der Waals surface area contributed by atoms with Gasteiger partial charge in [0.1, 0.15) is 0 Å². The van der Waals surface area contributed by atoms with Crippen LogP contribution in [-0.2, 0) is 0 Å². The van der Waals surface area contributed by atoms with E-state index >= 15 is 0 Å². The maximum absolute atomic E-state index is 11.3. The Morgan fingerprint density at radius 3 is 2.62 bits per heavy atom. The molecule has 0 aromatic heterocycles. The first-order valence-corrected chi connectivity index (χ1v) is 5.72. The van der Waals surface area contributed by atoms with E-state index in [4.69, 9.17) is 11.5 Å². The van der Waals surface area contributed by atoms with Gasteiger partial charge in [0.05, 0.1) is 5.56 Å². The van der Waals surface area contributed by atoms with Crippen molar-refractivity contribution in [1.82, 2.24) is 0 Å². The Bertz CT molecular complexity index is 404. The van der Waals surface area contributed by atoms with Crippen LogP contribution in [0, 0.1) is 0 Å². The molecule has 0 bridgehead atoms. The molecule has 0 aliphatic heterocycles. The Kier molecular flexibility index (Phi) is 3.93. The first-order chi connectivity index (χ1) is 7.35. The van der Waals surface area contributed by atoms with Crippen molar-refractivity contribution in [2.24, 2.45) is 11.5 Å². The van der Waals surface area contributed by atoms with Gasteiger partial charge in [-0.05, 0) is 32.0 Å². The summed E-state index contributed by atoms with van der Waals surface area (Å²) in [7, 11) is 0. The van der Waals surface area contributed by atoms with Crippen molar-refractivity contribution in [2.75, 3.05) is 11.9 Å². The molecule has 88 valence electrons. The topological polar surface area (TPSA) is 81.1 Å². The summed E-state index contributed by atoms with van der Waals surface area (Å²) >= 11 is 3.30. The number of halogens is 1. The predicted molar refractivity (Wildman–Crippen MR) is 69.4 cm³/mol. The van der Waals surface area contributed by atoms with Gasteiger partial charge in [0.2, 0.25) is 0 Å². The van der Waals surface area contributed by atoms with Crippen LogP contribution in [0.4, 0.5) is 5.69 Å². The Hall–Kier alpha value is -1.07. The van der Waals surface area contributed by atoms with Gasteiger partial charge in [-0.2, -0.15) is 0 Å². The molecule has 0 fully saturated rings. The SMILES string of the molecule is CC(C)(CN)Nc1ccc(Br)cc1C(N)=O. The summed E-state index contributed by atoms with van der Waals surface area (Å²) in [5.41, 5.74) is 11.8. The molecule has 5 N–H and O–H groups in total. The number of nitrogens with two attached hydrogens (primary N) is 2. The number of rotatable bonds is 4. The number of primary amides is 1. The minimum atomic E-state index is -0.461. The molecular formula is C11H16BrN3O. The third-order valence-electron chi connectivity index (χ3n) is 2.23. The first kappa shape index (κ1) is 13.0. The van der Waals surface area contributed by atoms with Crippen LogP contribution in [0.15, 0.2) is 22.7 Å². The number of carbonyl (C=O) groups is 1. The molecule has 1 rings (SSSR count). The Morgan fingerprint density at radius 1 is 1.50 bits per heavy atom. The van der Waals surface area contributed by atoms with Gasteiger partial charge in [0.25, 0.3) is 5.91 Å². The molecule has 0 saturated heterocycles. The van der Waals surface area contributed by atoms with E-state index in [1.165, 1.54) is 0 Å². The van der Waals surface area contributed by atoms with E-state index in [9.17, 15) is 4.79 Å². The third-order valence-corrected chi connectivity index (χ3v) is 2.72. The van der Waals surface area contributed by atoms with Crippen molar-refractivity contribution in [1.29, 1.82) is 0 Å². The second kappa shape index (κ2) is 4.84. The average molecular weight is 286 g/mol. The van der Waals surface area contributed by atoms with Gasteiger partial charge in [0.15, 0.2) is 0 Å². The highest BCUT2D eigenvalue weighted by molar-refractivity contribution is 9.10. The Labute approximate surface area is 104 Å². The molecule has 4 nitrogen and oxygen atoms in total. The molecule has 1 aromatic rings. The summed E-state index contributed by atoms with van der Waals surface area (Å²) in [4.78, 5) is 11.3. The van der Waals surface area contributed by atoms with E-state index in [2.05, 4.69) is 21.2 Å². The number of nitrogens with one attached hydrogen (secondary N) is 1. The largest absolute Gasteiger partial charge is 0.378 e. The summed E-state index contributed by atoms with van der Waals surface area (Å²) in [6.07, 6.45) is 0. The average Bonchev–Trinajstić information content (AvgIpc) is 2.20. The fourth-order valence-corrected chi connectivity index (χ4v) is 1.61. The van der Waals surface area contributed by atoms with E-state index < -0.39 is 5.91 Å². The van der Waals surface area contributed by atoms with Crippen LogP contribution in [0.3, 0.4) is 0 Å². The van der Waals surface area contributed by atoms with E-state index in [-0.39, 0.29) is 5.54 Å². The van der Waals surface area contributed by atoms with Crippen LogP contribution in [-0.4, -0.2) is 18.0 Å². The number of hydrogen-bond acceptors (Lipinski definition) is 3. The van der Waals surface area contributed by atoms with Crippen molar-refractivity contribution >= 4 is 27.5 Å². The van der Waals surface area contributed by atoms with Crippen LogP contribution in [0.1, 0.15) is 24.2 Å². The molecule has 1 amide bonds. The number of amides is 1. The van der Waals surface area contributed by atoms with E-state index in [1.807, 2.05) is 26.0 Å². The molecule has 0 aliphatic rings. The maximum atomic E-state index is 11.3. The minimum absolute atomic E-state index is 0.280. The van der Waals surface area contributed by atoms with Crippen molar-refractivity contribution < 1.29 is 4.79 Å². The fourth-order valence-electron chi connectivity index (χ4n) is 1.24. The molecule has 0 aliphatic carbocycles. The van der Waals surface area contributed by atoms with Gasteiger partial charge in [-0.15, -0.1) is 0 Å². The molecule has 0 heterocycles. The van der Waals surface area contributed by atoms with Crippen LogP contribution < -0.4 is 16.8 Å². The molecule has 0 spiro atoms. The smallest absolute Gasteiger partial charge is 0.250 e. The summed E-state index contributed by atoms with van der Waals surface area (Å²) in [6, 6.07) is 5.35. The van der Waals surface area contributed by atoms with Gasteiger partial charge < -0.3 is 16.8 Å². The monoisotopic (exact) mass is 285 g/mol. The van der Waals surface area contributed by atoms with Crippen LogP contribution in [0.2, 0.25) is 0 Å². The molecule has 0 saturated carbocycles. The lowest BCUT2D eigenvalue weighted by atomic mass is 10.0. The Balaban J connectivity index is 3.09. The molecule has 5 heteroatoms. The van der Waals surface area contributed by atoms with E-state index in [1.54, 1.807) is 6.07 Å². The summed E-state index contributed by atoms with van der Waals surface area (Å²) in [5, 5.41) is 3.20. The summed E-state index contributed by atoms with van der Waals surface area (Å²) in [5.74, 6) is -0.461. The fraction of sp³-hybridized carbons (Fsp3) is 0.364. The van der Waals surface area contributed by atoms with Gasteiger partial charge in [0, 0.05) is 22.2 Å². The van der Waals surface area contributed by atoms with Gasteiger partial charge in [-0.3, -0.25) is 4.79 Å². The predicted octanol–water partition coefficient (Wildman–Crippen LogP) is 1.70. The van der Waals surface area contributed by atoms with Crippen LogP contribution >= 0.6 is 15.9 Å². The first-order valence-electron chi connectivity index (χ1n) is 4.93. The molecule has 1 aromatic carbocycles. The maximum Gasteiger partial charge on any atom is 0.250 e. The van der Waals surface area contributed by atoms with Gasteiger partial charge in [-0.1, -0.05) is 15.9 Å². The van der Waals surface area contributed by atoms with Crippen molar-refractivity contribution in [2.45, 2.75) is 19.4 Å². The van der Waals surface area contributed by atoms with Gasteiger partial charge in [-0.25, -0.2) is 0 Å². The molecule has 0 unspecified atom stereocenters. The second-order valence-corrected chi connectivity index (χ2v) is 5.18. The highest BCUT2D eigenvalue weighted by atomic mass is 79.9. The van der Waals surface area contributed by atoms with Crippen molar-refractivity contribution in [3.8, 4) is 0 Å². The van der Waals surface area contributed by atoms with Crippen molar-refractivity contribution in [3.05, 3.63) is 28.2 Å². The lowest BCUT2D eigenvalue weighted by Gasteiger charge is -2.26. The number of hydrogen-bond donors (Lipinski definition) is 3. The standard InChI is InChI=1S/C11H16BrN3O/c1-11(2,6-13)15-9-4-3-7(12)5-8(9)10(14)16/h3-5,15H,6,13H2,1-2H3,(H2,14,16). The van der Waals surface area contributed by atoms with E-state index in [0.717, 1.165) is 4.47 Å². The second-order valence-electron chi connectivity index (χ2n) is 4.27. The molecule has 0 radical (unpaired) electrons. The van der Waals surface area contributed by atoms with Gasteiger partial charge >= 0.3 is 0 Å².